The summed E-state index contributed by atoms with van der Waals surface area (Å²) in [6.45, 7) is 5.23. The minimum absolute atomic E-state index is 0.0195. The number of carbonyl (C=O) groups excluding carboxylic acids is 2. The maximum Gasteiger partial charge on any atom is 0.269 e. The first-order chi connectivity index (χ1) is 14.0. The lowest BCUT2D eigenvalue weighted by Crippen LogP contribution is -2.47. The monoisotopic (exact) mass is 395 g/mol. The molecule has 0 radical (unpaired) electrons. The Labute approximate surface area is 169 Å². The Morgan fingerprint density at radius 3 is 2.55 bits per heavy atom. The van der Waals surface area contributed by atoms with Gasteiger partial charge in [-0.05, 0) is 25.5 Å². The van der Waals surface area contributed by atoms with Crippen LogP contribution in [0.15, 0.2) is 46.0 Å². The zero-order chi connectivity index (χ0) is 20.4. The van der Waals surface area contributed by atoms with Gasteiger partial charge < -0.3 is 19.5 Å². The topological polar surface area (TPSA) is 84.1 Å². The Hall–Kier alpha value is -3.09. The summed E-state index contributed by atoms with van der Waals surface area (Å²) in [7, 11) is 0. The van der Waals surface area contributed by atoms with E-state index in [1.165, 1.54) is 0 Å². The Morgan fingerprint density at radius 1 is 1.17 bits per heavy atom. The number of hydrogen-bond acceptors (Lipinski definition) is 5. The van der Waals surface area contributed by atoms with E-state index in [-0.39, 0.29) is 11.8 Å². The molecule has 0 aliphatic carbocycles. The van der Waals surface area contributed by atoms with Crippen molar-refractivity contribution in [2.75, 3.05) is 13.1 Å². The summed E-state index contributed by atoms with van der Waals surface area (Å²) in [5, 5.41) is 6.95. The SMILES string of the molecule is Cc1cc(C(=O)N2CCC3(CC2)CC(C(=O)NCc2ccccc2)=NO3)c(C)o1. The molecule has 152 valence electrons. The first kappa shape index (κ1) is 19.2. The van der Waals surface area contributed by atoms with Crippen LogP contribution in [0.1, 0.15) is 46.7 Å². The largest absolute Gasteiger partial charge is 0.466 e. The number of nitrogens with zero attached hydrogens (tertiary/aromatic N) is 2. The Balaban J connectivity index is 1.30. The van der Waals surface area contributed by atoms with Crippen LogP contribution in [0.25, 0.3) is 0 Å². The highest BCUT2D eigenvalue weighted by Gasteiger charge is 2.44. The quantitative estimate of drug-likeness (QED) is 0.863. The second-order valence-corrected chi connectivity index (χ2v) is 7.78. The van der Waals surface area contributed by atoms with Gasteiger partial charge in [-0.15, -0.1) is 0 Å². The summed E-state index contributed by atoms with van der Waals surface area (Å²) in [4.78, 5) is 32.7. The number of piperidine rings is 1. The van der Waals surface area contributed by atoms with E-state index in [0.717, 1.165) is 11.3 Å². The molecule has 0 bridgehead atoms. The van der Waals surface area contributed by atoms with Gasteiger partial charge in [-0.1, -0.05) is 35.5 Å². The number of aryl methyl sites for hydroxylation is 2. The third kappa shape index (κ3) is 4.04. The van der Waals surface area contributed by atoms with Crippen LogP contribution in [-0.4, -0.2) is 41.1 Å². The zero-order valence-electron chi connectivity index (χ0n) is 16.7. The van der Waals surface area contributed by atoms with Gasteiger partial charge in [-0.25, -0.2) is 0 Å². The van der Waals surface area contributed by atoms with E-state index in [4.69, 9.17) is 9.25 Å². The van der Waals surface area contributed by atoms with E-state index in [9.17, 15) is 9.59 Å². The lowest BCUT2D eigenvalue weighted by molar-refractivity contribution is -0.115. The second-order valence-electron chi connectivity index (χ2n) is 7.78. The van der Waals surface area contributed by atoms with Crippen LogP contribution < -0.4 is 5.32 Å². The fourth-order valence-corrected chi connectivity index (χ4v) is 3.92. The van der Waals surface area contributed by atoms with Crippen LogP contribution in [-0.2, 0) is 16.2 Å². The molecular weight excluding hydrogens is 370 g/mol. The molecule has 3 heterocycles. The highest BCUT2D eigenvalue weighted by molar-refractivity contribution is 6.39. The zero-order valence-corrected chi connectivity index (χ0v) is 16.7. The number of hydrogen-bond donors (Lipinski definition) is 1. The highest BCUT2D eigenvalue weighted by Crippen LogP contribution is 2.35. The standard InChI is InChI=1S/C22H25N3O4/c1-15-12-18(16(2)28-15)21(27)25-10-8-22(9-11-25)13-19(24-29-22)20(26)23-14-17-6-4-3-5-7-17/h3-7,12H,8-11,13-14H2,1-2H3,(H,23,26). The van der Waals surface area contributed by atoms with E-state index < -0.39 is 5.60 Å². The Morgan fingerprint density at radius 2 is 1.90 bits per heavy atom. The molecule has 0 saturated carbocycles. The summed E-state index contributed by atoms with van der Waals surface area (Å²) in [6.07, 6.45) is 1.76. The van der Waals surface area contributed by atoms with Gasteiger partial charge in [-0.2, -0.15) is 0 Å². The molecule has 1 fully saturated rings. The van der Waals surface area contributed by atoms with E-state index in [1.807, 2.05) is 42.2 Å². The number of benzene rings is 1. The fourth-order valence-electron chi connectivity index (χ4n) is 3.92. The molecule has 4 rings (SSSR count). The summed E-state index contributed by atoms with van der Waals surface area (Å²) < 4.78 is 5.48. The maximum absolute atomic E-state index is 12.8. The van der Waals surface area contributed by atoms with E-state index in [1.54, 1.807) is 13.0 Å². The van der Waals surface area contributed by atoms with Crippen LogP contribution in [0.5, 0.6) is 0 Å². The average molecular weight is 395 g/mol. The minimum atomic E-state index is -0.489. The lowest BCUT2D eigenvalue weighted by Gasteiger charge is -2.37. The van der Waals surface area contributed by atoms with Gasteiger partial charge in [0.25, 0.3) is 11.8 Å². The van der Waals surface area contributed by atoms with Gasteiger partial charge in [0, 0.05) is 38.9 Å². The van der Waals surface area contributed by atoms with Crippen molar-refractivity contribution in [3.05, 3.63) is 59.0 Å². The molecule has 2 aliphatic heterocycles. The molecule has 1 spiro atoms. The van der Waals surface area contributed by atoms with Crippen LogP contribution in [0.2, 0.25) is 0 Å². The van der Waals surface area contributed by atoms with Gasteiger partial charge in [0.15, 0.2) is 0 Å². The number of likely N-dealkylation sites (tertiary alicyclic amines) is 1. The highest BCUT2D eigenvalue weighted by atomic mass is 16.7. The Kier molecular flexibility index (Phi) is 5.13. The van der Waals surface area contributed by atoms with Gasteiger partial charge >= 0.3 is 0 Å². The van der Waals surface area contributed by atoms with E-state index >= 15 is 0 Å². The number of furan rings is 1. The summed E-state index contributed by atoms with van der Waals surface area (Å²) >= 11 is 0. The number of amides is 2. The molecule has 1 aromatic carbocycles. The second kappa shape index (κ2) is 7.73. The lowest BCUT2D eigenvalue weighted by atomic mass is 9.86. The van der Waals surface area contributed by atoms with Crippen molar-refractivity contribution in [1.82, 2.24) is 10.2 Å². The maximum atomic E-state index is 12.8. The average Bonchev–Trinajstić information content (AvgIpc) is 3.30. The molecule has 0 unspecified atom stereocenters. The first-order valence-electron chi connectivity index (χ1n) is 9.89. The van der Waals surface area contributed by atoms with E-state index in [0.29, 0.717) is 55.9 Å². The molecule has 1 aromatic heterocycles. The van der Waals surface area contributed by atoms with Crippen molar-refractivity contribution in [3.63, 3.8) is 0 Å². The molecule has 7 heteroatoms. The molecular formula is C22H25N3O4. The van der Waals surface area contributed by atoms with Crippen LogP contribution >= 0.6 is 0 Å². The molecule has 2 aromatic rings. The van der Waals surface area contributed by atoms with Gasteiger partial charge in [0.1, 0.15) is 22.8 Å². The third-order valence-corrected chi connectivity index (χ3v) is 5.63. The fraction of sp³-hybridized carbons (Fsp3) is 0.409. The van der Waals surface area contributed by atoms with Crippen molar-refractivity contribution in [2.45, 2.75) is 45.3 Å². The molecule has 7 nitrogen and oxygen atoms in total. The minimum Gasteiger partial charge on any atom is -0.466 e. The van der Waals surface area contributed by atoms with Crippen molar-refractivity contribution in [3.8, 4) is 0 Å². The normalized spacial score (nSPS) is 17.7. The van der Waals surface area contributed by atoms with Gasteiger partial charge in [0.2, 0.25) is 0 Å². The number of rotatable bonds is 4. The summed E-state index contributed by atoms with van der Waals surface area (Å²) in [5.41, 5.74) is 1.58. The summed E-state index contributed by atoms with van der Waals surface area (Å²) in [5.74, 6) is 1.16. The van der Waals surface area contributed by atoms with Crippen molar-refractivity contribution in [2.24, 2.45) is 5.16 Å². The summed E-state index contributed by atoms with van der Waals surface area (Å²) in [6, 6.07) is 11.5. The molecule has 29 heavy (non-hydrogen) atoms. The third-order valence-electron chi connectivity index (χ3n) is 5.63. The van der Waals surface area contributed by atoms with Crippen LogP contribution in [0.4, 0.5) is 0 Å². The molecule has 2 aliphatic rings. The first-order valence-corrected chi connectivity index (χ1v) is 9.89. The van der Waals surface area contributed by atoms with Crippen molar-refractivity contribution in [1.29, 1.82) is 0 Å². The van der Waals surface area contributed by atoms with Gasteiger partial charge in [-0.3, -0.25) is 9.59 Å². The number of carbonyl (C=O) groups is 2. The smallest absolute Gasteiger partial charge is 0.269 e. The van der Waals surface area contributed by atoms with Crippen molar-refractivity contribution >= 4 is 17.5 Å². The number of nitrogens with one attached hydrogen (secondary N) is 1. The van der Waals surface area contributed by atoms with E-state index in [2.05, 4.69) is 10.5 Å². The number of oxime groups is 1. The van der Waals surface area contributed by atoms with Gasteiger partial charge in [0.05, 0.1) is 5.56 Å². The molecule has 2 amide bonds. The molecule has 1 saturated heterocycles. The predicted octanol–water partition coefficient (Wildman–Crippen LogP) is 2.96. The van der Waals surface area contributed by atoms with Crippen LogP contribution in [0.3, 0.4) is 0 Å². The van der Waals surface area contributed by atoms with Crippen LogP contribution in [0, 0.1) is 13.8 Å². The van der Waals surface area contributed by atoms with Crippen molar-refractivity contribution < 1.29 is 18.8 Å². The Bertz CT molecular complexity index is 940. The molecule has 1 N–H and O–H groups in total. The predicted molar refractivity (Wildman–Crippen MR) is 107 cm³/mol. The molecule has 0 atom stereocenters.